The molecule has 4 heterocycles. The molecule has 11 heteroatoms. The average molecular weight is 480 g/mol. The smallest absolute Gasteiger partial charge is 0.416 e. The number of fused-ring (bicyclic) bond motifs is 1. The number of pyridine rings is 1. The van der Waals surface area contributed by atoms with Crippen LogP contribution in [0.1, 0.15) is 16.8 Å². The van der Waals surface area contributed by atoms with Gasteiger partial charge < -0.3 is 9.73 Å². The molecular weight excluding hydrogens is 461 g/mol. The van der Waals surface area contributed by atoms with E-state index in [9.17, 15) is 18.0 Å². The molecule has 0 aliphatic carbocycles. The Hall–Kier alpha value is -4.41. The molecule has 0 unspecified atom stereocenters. The lowest BCUT2D eigenvalue weighted by Gasteiger charge is -2.09. The van der Waals surface area contributed by atoms with Crippen molar-refractivity contribution in [2.75, 3.05) is 5.32 Å². The monoisotopic (exact) mass is 480 g/mol. The molecular formula is C24H19F3N6O2. The van der Waals surface area contributed by atoms with E-state index in [0.29, 0.717) is 22.7 Å². The maximum atomic E-state index is 12.9. The number of hydrogen-bond acceptors (Lipinski definition) is 5. The molecule has 0 spiro atoms. The molecule has 0 radical (unpaired) electrons. The van der Waals surface area contributed by atoms with Gasteiger partial charge in [-0.25, -0.2) is 9.67 Å². The maximum absolute atomic E-state index is 12.9. The van der Waals surface area contributed by atoms with Crippen molar-refractivity contribution < 1.29 is 22.4 Å². The first-order valence-electron chi connectivity index (χ1n) is 10.6. The van der Waals surface area contributed by atoms with Gasteiger partial charge in [0.05, 0.1) is 29.5 Å². The molecule has 35 heavy (non-hydrogen) atoms. The summed E-state index contributed by atoms with van der Waals surface area (Å²) in [5.41, 5.74) is 1.80. The van der Waals surface area contributed by atoms with E-state index in [-0.39, 0.29) is 24.8 Å². The fraction of sp³-hybridized carbons (Fsp3) is 0.167. The maximum Gasteiger partial charge on any atom is 0.416 e. The third-order valence-electron chi connectivity index (χ3n) is 5.40. The number of carbonyl (C=O) groups is 1. The van der Waals surface area contributed by atoms with Crippen LogP contribution < -0.4 is 5.32 Å². The average Bonchev–Trinajstić information content (AvgIpc) is 3.55. The van der Waals surface area contributed by atoms with Crippen LogP contribution in [-0.4, -0.2) is 30.5 Å². The molecule has 0 saturated carbocycles. The predicted molar refractivity (Wildman–Crippen MR) is 121 cm³/mol. The van der Waals surface area contributed by atoms with Crippen LogP contribution in [0.4, 0.5) is 19.0 Å². The standard InChI is InChI=1S/C24H19F3N6O2/c1-15-22-18(19-6-3-11-35-19)7-9-28-23(22)33(30-15)14-21(34)29-20-8-10-32(31-20)13-16-4-2-5-17(12-16)24(25,26)27/h2-12H,13-14H2,1H3,(H,29,31,34). The predicted octanol–water partition coefficient (Wildman–Crippen LogP) is 4.90. The summed E-state index contributed by atoms with van der Waals surface area (Å²) in [7, 11) is 0. The van der Waals surface area contributed by atoms with Crippen LogP contribution in [0, 0.1) is 6.92 Å². The van der Waals surface area contributed by atoms with Gasteiger partial charge in [-0.1, -0.05) is 12.1 Å². The number of carbonyl (C=O) groups excluding carboxylic acids is 1. The minimum absolute atomic E-state index is 0.0978. The van der Waals surface area contributed by atoms with Gasteiger partial charge in [0.2, 0.25) is 5.91 Å². The van der Waals surface area contributed by atoms with Crippen LogP contribution in [0.2, 0.25) is 0 Å². The Labute approximate surface area is 197 Å². The first-order chi connectivity index (χ1) is 16.8. The lowest BCUT2D eigenvalue weighted by Crippen LogP contribution is -2.20. The number of aromatic nitrogens is 5. The zero-order chi connectivity index (χ0) is 24.6. The molecule has 0 bridgehead atoms. The summed E-state index contributed by atoms with van der Waals surface area (Å²) in [5.74, 6) is 0.583. The first kappa shape index (κ1) is 22.4. The van der Waals surface area contributed by atoms with E-state index in [1.807, 2.05) is 19.1 Å². The lowest BCUT2D eigenvalue weighted by molar-refractivity contribution is -0.137. The molecule has 0 atom stereocenters. The first-order valence-corrected chi connectivity index (χ1v) is 10.6. The van der Waals surface area contributed by atoms with E-state index < -0.39 is 11.7 Å². The van der Waals surface area contributed by atoms with Crippen molar-refractivity contribution in [3.05, 3.63) is 84.0 Å². The SMILES string of the molecule is Cc1nn(CC(=O)Nc2ccn(Cc3cccc(C(F)(F)F)c3)n2)c2nccc(-c3ccco3)c12. The van der Waals surface area contributed by atoms with Crippen LogP contribution in [0.15, 0.2) is 71.6 Å². The molecule has 1 aromatic carbocycles. The number of nitrogens with zero attached hydrogens (tertiary/aromatic N) is 5. The summed E-state index contributed by atoms with van der Waals surface area (Å²) < 4.78 is 47.3. The molecule has 5 rings (SSSR count). The highest BCUT2D eigenvalue weighted by atomic mass is 19.4. The highest BCUT2D eigenvalue weighted by Gasteiger charge is 2.30. The van der Waals surface area contributed by atoms with Crippen LogP contribution in [0.3, 0.4) is 0 Å². The van der Waals surface area contributed by atoms with Crippen molar-refractivity contribution in [2.45, 2.75) is 26.2 Å². The summed E-state index contributed by atoms with van der Waals surface area (Å²) in [6, 6.07) is 12.1. The number of alkyl halides is 3. The third-order valence-corrected chi connectivity index (χ3v) is 5.40. The number of benzene rings is 1. The normalized spacial score (nSPS) is 11.8. The number of furan rings is 1. The minimum Gasteiger partial charge on any atom is -0.464 e. The van der Waals surface area contributed by atoms with Gasteiger partial charge in [0, 0.05) is 24.0 Å². The Morgan fingerprint density at radius 1 is 1.11 bits per heavy atom. The summed E-state index contributed by atoms with van der Waals surface area (Å²) >= 11 is 0. The molecule has 178 valence electrons. The van der Waals surface area contributed by atoms with E-state index in [0.717, 1.165) is 23.1 Å². The van der Waals surface area contributed by atoms with Crippen LogP contribution >= 0.6 is 0 Å². The van der Waals surface area contributed by atoms with Crippen molar-refractivity contribution in [3.8, 4) is 11.3 Å². The number of anilines is 1. The van der Waals surface area contributed by atoms with E-state index >= 15 is 0 Å². The van der Waals surface area contributed by atoms with Crippen molar-refractivity contribution in [1.29, 1.82) is 0 Å². The second-order valence-electron chi connectivity index (χ2n) is 7.92. The van der Waals surface area contributed by atoms with Gasteiger partial charge in [-0.3, -0.25) is 9.48 Å². The van der Waals surface area contributed by atoms with Crippen LogP contribution in [0.5, 0.6) is 0 Å². The largest absolute Gasteiger partial charge is 0.464 e. The van der Waals surface area contributed by atoms with E-state index in [4.69, 9.17) is 4.42 Å². The Morgan fingerprint density at radius 2 is 1.97 bits per heavy atom. The fourth-order valence-corrected chi connectivity index (χ4v) is 3.90. The number of aryl methyl sites for hydroxylation is 1. The lowest BCUT2D eigenvalue weighted by atomic mass is 10.1. The van der Waals surface area contributed by atoms with Gasteiger partial charge in [0.25, 0.3) is 0 Å². The van der Waals surface area contributed by atoms with Crippen LogP contribution in [-0.2, 0) is 24.1 Å². The molecule has 8 nitrogen and oxygen atoms in total. The minimum atomic E-state index is -4.41. The molecule has 1 amide bonds. The van der Waals surface area contributed by atoms with Crippen molar-refractivity contribution in [1.82, 2.24) is 24.5 Å². The van der Waals surface area contributed by atoms with E-state index in [1.54, 1.807) is 36.9 Å². The Morgan fingerprint density at radius 3 is 2.74 bits per heavy atom. The Bertz CT molecular complexity index is 1500. The van der Waals surface area contributed by atoms with Gasteiger partial charge >= 0.3 is 6.18 Å². The quantitative estimate of drug-likeness (QED) is 0.373. The molecule has 0 fully saturated rings. The molecule has 0 aliphatic rings. The van der Waals surface area contributed by atoms with Crippen molar-refractivity contribution in [2.24, 2.45) is 0 Å². The summed E-state index contributed by atoms with van der Waals surface area (Å²) in [6.45, 7) is 1.86. The highest BCUT2D eigenvalue weighted by molar-refractivity contribution is 5.95. The Kier molecular flexibility index (Phi) is 5.59. The van der Waals surface area contributed by atoms with Crippen molar-refractivity contribution >= 4 is 22.8 Å². The zero-order valence-corrected chi connectivity index (χ0v) is 18.5. The van der Waals surface area contributed by atoms with Gasteiger partial charge in [-0.15, -0.1) is 0 Å². The number of nitrogens with one attached hydrogen (secondary N) is 1. The van der Waals surface area contributed by atoms with E-state index in [1.165, 1.54) is 15.4 Å². The molecule has 0 aliphatic heterocycles. The van der Waals surface area contributed by atoms with Gasteiger partial charge in [-0.2, -0.15) is 23.4 Å². The topological polar surface area (TPSA) is 90.8 Å². The van der Waals surface area contributed by atoms with Crippen molar-refractivity contribution in [3.63, 3.8) is 0 Å². The third kappa shape index (κ3) is 4.65. The highest BCUT2D eigenvalue weighted by Crippen LogP contribution is 2.31. The summed E-state index contributed by atoms with van der Waals surface area (Å²) in [6.07, 6.45) is 0.383. The number of halogens is 3. The Balaban J connectivity index is 1.29. The molecule has 1 N–H and O–H groups in total. The second kappa shape index (κ2) is 8.75. The van der Waals surface area contributed by atoms with Gasteiger partial charge in [0.1, 0.15) is 12.3 Å². The number of hydrogen-bond donors (Lipinski definition) is 1. The molecule has 4 aromatic heterocycles. The van der Waals surface area contributed by atoms with Gasteiger partial charge in [0.15, 0.2) is 11.5 Å². The number of rotatable bonds is 6. The summed E-state index contributed by atoms with van der Waals surface area (Å²) in [4.78, 5) is 17.1. The van der Waals surface area contributed by atoms with E-state index in [2.05, 4.69) is 20.5 Å². The fourth-order valence-electron chi connectivity index (χ4n) is 3.90. The zero-order valence-electron chi connectivity index (χ0n) is 18.5. The number of amides is 1. The second-order valence-corrected chi connectivity index (χ2v) is 7.92. The van der Waals surface area contributed by atoms with Crippen LogP contribution in [0.25, 0.3) is 22.4 Å². The summed E-state index contributed by atoms with van der Waals surface area (Å²) in [5, 5.41) is 12.2. The molecule has 5 aromatic rings. The van der Waals surface area contributed by atoms with Gasteiger partial charge in [-0.05, 0) is 42.8 Å². The molecule has 0 saturated heterocycles.